The maximum absolute atomic E-state index is 13.5. The van der Waals surface area contributed by atoms with Crippen molar-refractivity contribution in [3.63, 3.8) is 0 Å². The lowest BCUT2D eigenvalue weighted by Gasteiger charge is -2.40. The minimum absolute atomic E-state index is 0.157. The average Bonchev–Trinajstić information content (AvgIpc) is 2.91. The van der Waals surface area contributed by atoms with Gasteiger partial charge in [0.05, 0.1) is 25.3 Å². The van der Waals surface area contributed by atoms with Crippen molar-refractivity contribution >= 4 is 16.2 Å². The highest BCUT2D eigenvalue weighted by atomic mass is 32.2. The number of methoxy groups -OCH3 is 2. The molecular formula is C28H29F3N2O5S. The SMILES string of the molecule is COc1ccc(C2(CCN(C)Cc3ccccc3)Cc3cccnc3C=C2OS(=O)(=O)C(F)(F)F)cc1OC. The number of pyridine rings is 1. The topological polar surface area (TPSA) is 78.0 Å². The van der Waals surface area contributed by atoms with Crippen LogP contribution in [-0.2, 0) is 32.7 Å². The quantitative estimate of drug-likeness (QED) is 0.244. The van der Waals surface area contributed by atoms with E-state index >= 15 is 0 Å². The Balaban J connectivity index is 1.84. The van der Waals surface area contributed by atoms with Gasteiger partial charge in [-0.15, -0.1) is 0 Å². The summed E-state index contributed by atoms with van der Waals surface area (Å²) < 4.78 is 80.9. The van der Waals surface area contributed by atoms with Gasteiger partial charge in [-0.1, -0.05) is 42.5 Å². The molecule has 11 heteroatoms. The second-order valence-corrected chi connectivity index (χ2v) is 10.9. The Bertz CT molecular complexity index is 1450. The zero-order valence-corrected chi connectivity index (χ0v) is 22.6. The summed E-state index contributed by atoms with van der Waals surface area (Å²) in [5, 5.41) is 0. The molecule has 0 saturated carbocycles. The van der Waals surface area contributed by atoms with Gasteiger partial charge in [0.1, 0.15) is 5.76 Å². The summed E-state index contributed by atoms with van der Waals surface area (Å²) in [6, 6.07) is 18.2. The number of allylic oxidation sites excluding steroid dienone is 1. The maximum atomic E-state index is 13.5. The Labute approximate surface area is 226 Å². The van der Waals surface area contributed by atoms with E-state index in [0.717, 1.165) is 11.1 Å². The van der Waals surface area contributed by atoms with Crippen LogP contribution in [0.4, 0.5) is 13.2 Å². The molecule has 4 rings (SSSR count). The van der Waals surface area contributed by atoms with E-state index in [1.165, 1.54) is 26.5 Å². The van der Waals surface area contributed by atoms with E-state index in [-0.39, 0.29) is 18.6 Å². The van der Waals surface area contributed by atoms with Gasteiger partial charge in [0.2, 0.25) is 0 Å². The second-order valence-electron chi connectivity index (χ2n) is 9.34. The molecule has 0 aliphatic heterocycles. The molecule has 0 amide bonds. The molecule has 208 valence electrons. The standard InChI is InChI=1S/C28H29F3N2O5S/c1-33(19-20-8-5-4-6-9-20)15-13-27(22-11-12-24(36-2)25(16-22)37-3)18-21-10-7-14-32-23(21)17-26(27)38-39(34,35)28(29,30)31/h4-12,14,16-17H,13,15,18-19H2,1-3H3. The summed E-state index contributed by atoms with van der Waals surface area (Å²) in [4.78, 5) is 6.27. The molecule has 1 atom stereocenters. The summed E-state index contributed by atoms with van der Waals surface area (Å²) in [7, 11) is -1.15. The maximum Gasteiger partial charge on any atom is 0.534 e. The molecule has 1 aromatic heterocycles. The molecule has 0 N–H and O–H groups in total. The zero-order chi connectivity index (χ0) is 28.3. The normalized spacial score (nSPS) is 17.4. The van der Waals surface area contributed by atoms with E-state index in [1.807, 2.05) is 48.3 Å². The Kier molecular flexibility index (Phi) is 8.22. The van der Waals surface area contributed by atoms with E-state index in [1.54, 1.807) is 24.3 Å². The first-order valence-corrected chi connectivity index (χ1v) is 13.5. The second kappa shape index (κ2) is 11.3. The van der Waals surface area contributed by atoms with Gasteiger partial charge >= 0.3 is 15.6 Å². The minimum Gasteiger partial charge on any atom is -0.493 e. The monoisotopic (exact) mass is 562 g/mol. The highest BCUT2D eigenvalue weighted by molar-refractivity contribution is 7.87. The van der Waals surface area contributed by atoms with Gasteiger partial charge < -0.3 is 18.6 Å². The van der Waals surface area contributed by atoms with Crippen molar-refractivity contribution in [2.45, 2.75) is 30.3 Å². The lowest BCUT2D eigenvalue weighted by Crippen LogP contribution is -2.40. The van der Waals surface area contributed by atoms with Crippen LogP contribution in [0, 0.1) is 0 Å². The predicted octanol–water partition coefficient (Wildman–Crippen LogP) is 5.32. The van der Waals surface area contributed by atoms with Gasteiger partial charge in [0.15, 0.2) is 11.5 Å². The van der Waals surface area contributed by atoms with E-state index in [2.05, 4.69) is 4.98 Å². The van der Waals surface area contributed by atoms with Gasteiger partial charge in [-0.05, 0) is 61.3 Å². The molecule has 0 spiro atoms. The first-order valence-electron chi connectivity index (χ1n) is 12.1. The van der Waals surface area contributed by atoms with E-state index in [0.29, 0.717) is 35.8 Å². The van der Waals surface area contributed by atoms with Crippen LogP contribution in [0.25, 0.3) is 6.08 Å². The molecule has 2 aromatic carbocycles. The zero-order valence-electron chi connectivity index (χ0n) is 21.7. The van der Waals surface area contributed by atoms with Crippen LogP contribution in [0.5, 0.6) is 11.5 Å². The molecule has 0 radical (unpaired) electrons. The minimum atomic E-state index is -5.96. The summed E-state index contributed by atoms with van der Waals surface area (Å²) in [5.41, 5.74) is -4.23. The van der Waals surface area contributed by atoms with Crippen LogP contribution in [0.3, 0.4) is 0 Å². The Morgan fingerprint density at radius 2 is 1.72 bits per heavy atom. The van der Waals surface area contributed by atoms with E-state index < -0.39 is 21.0 Å². The van der Waals surface area contributed by atoms with Crippen molar-refractivity contribution in [3.8, 4) is 11.5 Å². The summed E-state index contributed by atoms with van der Waals surface area (Å²) in [5.74, 6) is 0.415. The molecule has 1 aliphatic carbocycles. The van der Waals surface area contributed by atoms with Crippen molar-refractivity contribution < 1.29 is 35.2 Å². The molecule has 0 fully saturated rings. The smallest absolute Gasteiger partial charge is 0.493 e. The van der Waals surface area contributed by atoms with E-state index in [4.69, 9.17) is 13.7 Å². The van der Waals surface area contributed by atoms with Crippen molar-refractivity contribution in [3.05, 3.63) is 95.0 Å². The number of benzene rings is 2. The first kappa shape index (κ1) is 28.4. The highest BCUT2D eigenvalue weighted by Gasteiger charge is 2.52. The fourth-order valence-electron chi connectivity index (χ4n) is 4.76. The van der Waals surface area contributed by atoms with Gasteiger partial charge in [0, 0.05) is 18.8 Å². The lowest BCUT2D eigenvalue weighted by molar-refractivity contribution is -0.0529. The number of halogens is 3. The molecule has 7 nitrogen and oxygen atoms in total. The molecule has 1 heterocycles. The largest absolute Gasteiger partial charge is 0.534 e. The number of rotatable bonds is 10. The summed E-state index contributed by atoms with van der Waals surface area (Å²) in [6.07, 6.45) is 3.17. The predicted molar refractivity (Wildman–Crippen MR) is 141 cm³/mol. The first-order chi connectivity index (χ1) is 18.5. The lowest BCUT2D eigenvalue weighted by atomic mass is 9.68. The Hall–Kier alpha value is -3.57. The van der Waals surface area contributed by atoms with Gasteiger partial charge in [-0.25, -0.2) is 0 Å². The summed E-state index contributed by atoms with van der Waals surface area (Å²) in [6.45, 7) is 0.993. The van der Waals surface area contributed by atoms with Gasteiger partial charge in [-0.3, -0.25) is 4.98 Å². The van der Waals surface area contributed by atoms with Crippen LogP contribution in [0.15, 0.2) is 72.6 Å². The third-order valence-corrected chi connectivity index (χ3v) is 7.76. The third-order valence-electron chi connectivity index (χ3n) is 6.79. The number of hydrogen-bond acceptors (Lipinski definition) is 7. The van der Waals surface area contributed by atoms with Crippen LogP contribution in [-0.4, -0.2) is 51.6 Å². The number of ether oxygens (including phenoxy) is 2. The van der Waals surface area contributed by atoms with Crippen LogP contribution in [0.2, 0.25) is 0 Å². The number of alkyl halides is 3. The molecule has 1 unspecified atom stereocenters. The molecule has 39 heavy (non-hydrogen) atoms. The van der Waals surface area contributed by atoms with Crippen LogP contribution < -0.4 is 9.47 Å². The van der Waals surface area contributed by atoms with Crippen molar-refractivity contribution in [1.29, 1.82) is 0 Å². The molecule has 0 bridgehead atoms. The van der Waals surface area contributed by atoms with Crippen molar-refractivity contribution in [2.75, 3.05) is 27.8 Å². The third kappa shape index (κ3) is 6.04. The number of hydrogen-bond donors (Lipinski definition) is 0. The molecule has 1 aliphatic rings. The number of nitrogens with zero attached hydrogens (tertiary/aromatic N) is 2. The number of aromatic nitrogens is 1. The molecular weight excluding hydrogens is 533 g/mol. The molecule has 3 aromatic rings. The number of fused-ring (bicyclic) bond motifs is 1. The van der Waals surface area contributed by atoms with Gasteiger partial charge in [-0.2, -0.15) is 21.6 Å². The highest BCUT2D eigenvalue weighted by Crippen LogP contribution is 2.48. The Morgan fingerprint density at radius 1 is 1.00 bits per heavy atom. The Morgan fingerprint density at radius 3 is 2.38 bits per heavy atom. The van der Waals surface area contributed by atoms with Crippen molar-refractivity contribution in [2.24, 2.45) is 0 Å². The average molecular weight is 563 g/mol. The van der Waals surface area contributed by atoms with E-state index in [9.17, 15) is 21.6 Å². The summed E-state index contributed by atoms with van der Waals surface area (Å²) >= 11 is 0. The fourth-order valence-corrected chi connectivity index (χ4v) is 5.30. The van der Waals surface area contributed by atoms with Crippen LogP contribution >= 0.6 is 0 Å². The fraction of sp³-hybridized carbons (Fsp3) is 0.321. The van der Waals surface area contributed by atoms with Crippen molar-refractivity contribution in [1.82, 2.24) is 9.88 Å². The van der Waals surface area contributed by atoms with Crippen LogP contribution in [0.1, 0.15) is 28.8 Å². The van der Waals surface area contributed by atoms with Gasteiger partial charge in [0.25, 0.3) is 0 Å². The molecule has 0 saturated heterocycles.